The zero-order valence-electron chi connectivity index (χ0n) is 16.6. The van der Waals surface area contributed by atoms with E-state index in [0.29, 0.717) is 12.3 Å². The average molecular weight is 362 g/mol. The Kier molecular flexibility index (Phi) is 6.79. The van der Waals surface area contributed by atoms with Crippen molar-refractivity contribution in [1.29, 1.82) is 5.26 Å². The van der Waals surface area contributed by atoms with Crippen molar-refractivity contribution >= 4 is 17.7 Å². The molecular formula is C23H26N2O2. The summed E-state index contributed by atoms with van der Waals surface area (Å²) in [6, 6.07) is 13.5. The van der Waals surface area contributed by atoms with Crippen molar-refractivity contribution in [1.82, 2.24) is 0 Å². The van der Waals surface area contributed by atoms with E-state index in [9.17, 15) is 10.1 Å². The highest BCUT2D eigenvalue weighted by atomic mass is 16.5. The molecule has 0 aliphatic heterocycles. The molecule has 0 fully saturated rings. The maximum Gasteiger partial charge on any atom is 0.266 e. The highest BCUT2D eigenvalue weighted by Gasteiger charge is 2.14. The fourth-order valence-corrected chi connectivity index (χ4v) is 2.74. The van der Waals surface area contributed by atoms with Crippen molar-refractivity contribution < 1.29 is 9.53 Å². The Balaban J connectivity index is 2.36. The van der Waals surface area contributed by atoms with Gasteiger partial charge in [-0.25, -0.2) is 0 Å². The molecule has 0 aromatic heterocycles. The van der Waals surface area contributed by atoms with Crippen LogP contribution in [-0.4, -0.2) is 12.5 Å². The third-order valence-corrected chi connectivity index (χ3v) is 4.29. The van der Waals surface area contributed by atoms with Gasteiger partial charge in [0.25, 0.3) is 5.91 Å². The van der Waals surface area contributed by atoms with Gasteiger partial charge in [0, 0.05) is 5.69 Å². The lowest BCUT2D eigenvalue weighted by atomic mass is 9.95. The van der Waals surface area contributed by atoms with E-state index in [0.717, 1.165) is 28.0 Å². The van der Waals surface area contributed by atoms with Gasteiger partial charge in [-0.15, -0.1) is 0 Å². The molecule has 0 atom stereocenters. The average Bonchev–Trinajstić information content (AvgIpc) is 2.63. The van der Waals surface area contributed by atoms with Gasteiger partial charge in [0.05, 0.1) is 6.61 Å². The molecule has 0 unspecified atom stereocenters. The van der Waals surface area contributed by atoms with Crippen LogP contribution in [0.2, 0.25) is 0 Å². The van der Waals surface area contributed by atoms with Gasteiger partial charge in [0.2, 0.25) is 0 Å². The van der Waals surface area contributed by atoms with Gasteiger partial charge < -0.3 is 10.1 Å². The van der Waals surface area contributed by atoms with Gasteiger partial charge in [0.15, 0.2) is 0 Å². The molecule has 4 nitrogen and oxygen atoms in total. The Hall–Kier alpha value is -3.06. The summed E-state index contributed by atoms with van der Waals surface area (Å²) in [5.41, 5.74) is 4.70. The monoisotopic (exact) mass is 362 g/mol. The summed E-state index contributed by atoms with van der Waals surface area (Å²) < 4.78 is 5.74. The predicted molar refractivity (Wildman–Crippen MR) is 110 cm³/mol. The number of aryl methyl sites for hydroxylation is 2. The van der Waals surface area contributed by atoms with Crippen LogP contribution < -0.4 is 10.1 Å². The van der Waals surface area contributed by atoms with Crippen LogP contribution in [0.1, 0.15) is 48.9 Å². The maximum absolute atomic E-state index is 12.5. The smallest absolute Gasteiger partial charge is 0.266 e. The SMILES string of the molecule is CCOc1cc(C)c(/C=C(\C#N)C(=O)Nc2ccc(C)cc2)cc1C(C)C. The molecule has 0 aliphatic carbocycles. The summed E-state index contributed by atoms with van der Waals surface area (Å²) in [6.07, 6.45) is 1.64. The molecule has 2 aromatic rings. The number of nitriles is 1. The molecule has 0 heterocycles. The summed E-state index contributed by atoms with van der Waals surface area (Å²) >= 11 is 0. The highest BCUT2D eigenvalue weighted by molar-refractivity contribution is 6.09. The maximum atomic E-state index is 12.5. The van der Waals surface area contributed by atoms with E-state index in [1.807, 2.05) is 63.2 Å². The third-order valence-electron chi connectivity index (χ3n) is 4.29. The van der Waals surface area contributed by atoms with Crippen LogP contribution in [0.5, 0.6) is 5.75 Å². The number of rotatable bonds is 6. The van der Waals surface area contributed by atoms with Crippen molar-refractivity contribution in [3.8, 4) is 11.8 Å². The summed E-state index contributed by atoms with van der Waals surface area (Å²) in [4.78, 5) is 12.5. The van der Waals surface area contributed by atoms with Gasteiger partial charge in [-0.2, -0.15) is 5.26 Å². The zero-order valence-corrected chi connectivity index (χ0v) is 16.6. The van der Waals surface area contributed by atoms with E-state index >= 15 is 0 Å². The van der Waals surface area contributed by atoms with Gasteiger partial charge in [0.1, 0.15) is 17.4 Å². The predicted octanol–water partition coefficient (Wildman–Crippen LogP) is 5.37. The minimum absolute atomic E-state index is 0.0672. The molecule has 1 N–H and O–H groups in total. The van der Waals surface area contributed by atoms with Gasteiger partial charge >= 0.3 is 0 Å². The van der Waals surface area contributed by atoms with Crippen LogP contribution in [0.4, 0.5) is 5.69 Å². The molecule has 0 saturated carbocycles. The minimum Gasteiger partial charge on any atom is -0.494 e. The molecular weight excluding hydrogens is 336 g/mol. The minimum atomic E-state index is -0.416. The van der Waals surface area contributed by atoms with Crippen molar-refractivity contribution in [2.75, 3.05) is 11.9 Å². The molecule has 0 spiro atoms. The second-order valence-electron chi connectivity index (χ2n) is 6.82. The van der Waals surface area contributed by atoms with Crippen LogP contribution in [0.15, 0.2) is 42.0 Å². The fraction of sp³-hybridized carbons (Fsp3) is 0.304. The Morgan fingerprint density at radius 2 is 1.89 bits per heavy atom. The van der Waals surface area contributed by atoms with E-state index in [1.54, 1.807) is 6.08 Å². The molecule has 27 heavy (non-hydrogen) atoms. The first-order valence-corrected chi connectivity index (χ1v) is 9.12. The fourth-order valence-electron chi connectivity index (χ4n) is 2.74. The topological polar surface area (TPSA) is 62.1 Å². The number of anilines is 1. The number of hydrogen-bond acceptors (Lipinski definition) is 3. The van der Waals surface area contributed by atoms with E-state index in [4.69, 9.17) is 4.74 Å². The number of nitrogens with one attached hydrogen (secondary N) is 1. The van der Waals surface area contributed by atoms with E-state index in [2.05, 4.69) is 19.2 Å². The number of ether oxygens (including phenoxy) is 1. The number of hydrogen-bond donors (Lipinski definition) is 1. The van der Waals surface area contributed by atoms with Crippen LogP contribution in [-0.2, 0) is 4.79 Å². The van der Waals surface area contributed by atoms with Gasteiger partial charge in [-0.05, 0) is 73.7 Å². The Bertz CT molecular complexity index is 888. The molecule has 2 aromatic carbocycles. The quantitative estimate of drug-likeness (QED) is 0.555. The Labute approximate surface area is 161 Å². The summed E-state index contributed by atoms with van der Waals surface area (Å²) in [5, 5.41) is 12.3. The van der Waals surface area contributed by atoms with Crippen LogP contribution in [0.3, 0.4) is 0 Å². The lowest BCUT2D eigenvalue weighted by molar-refractivity contribution is -0.112. The van der Waals surface area contributed by atoms with E-state index in [1.165, 1.54) is 0 Å². The van der Waals surface area contributed by atoms with Crippen molar-refractivity contribution in [3.63, 3.8) is 0 Å². The first-order valence-electron chi connectivity index (χ1n) is 9.12. The van der Waals surface area contributed by atoms with Crippen molar-refractivity contribution in [2.45, 2.75) is 40.5 Å². The van der Waals surface area contributed by atoms with E-state index in [-0.39, 0.29) is 11.5 Å². The molecule has 140 valence electrons. The molecule has 0 radical (unpaired) electrons. The number of carbonyl (C=O) groups is 1. The zero-order chi connectivity index (χ0) is 20.0. The van der Waals surface area contributed by atoms with Crippen LogP contribution in [0.25, 0.3) is 6.08 Å². The molecule has 0 saturated heterocycles. The first-order chi connectivity index (χ1) is 12.8. The highest BCUT2D eigenvalue weighted by Crippen LogP contribution is 2.31. The number of carbonyl (C=O) groups excluding carboxylic acids is 1. The summed E-state index contributed by atoms with van der Waals surface area (Å²) in [7, 11) is 0. The largest absolute Gasteiger partial charge is 0.494 e. The second-order valence-corrected chi connectivity index (χ2v) is 6.82. The van der Waals surface area contributed by atoms with E-state index < -0.39 is 5.91 Å². The molecule has 4 heteroatoms. The molecule has 2 rings (SSSR count). The summed E-state index contributed by atoms with van der Waals surface area (Å²) in [6.45, 7) is 10.7. The number of amides is 1. The third kappa shape index (κ3) is 5.21. The van der Waals surface area contributed by atoms with Crippen LogP contribution >= 0.6 is 0 Å². The second kappa shape index (κ2) is 9.05. The van der Waals surface area contributed by atoms with Gasteiger partial charge in [-0.3, -0.25) is 4.79 Å². The van der Waals surface area contributed by atoms with Gasteiger partial charge in [-0.1, -0.05) is 31.5 Å². The Morgan fingerprint density at radius 1 is 1.22 bits per heavy atom. The normalized spacial score (nSPS) is 11.2. The van der Waals surface area contributed by atoms with Crippen LogP contribution in [0, 0.1) is 25.2 Å². The van der Waals surface area contributed by atoms with Crippen molar-refractivity contribution in [3.05, 3.63) is 64.2 Å². The molecule has 1 amide bonds. The molecule has 0 bridgehead atoms. The lowest BCUT2D eigenvalue weighted by Crippen LogP contribution is -2.13. The van der Waals surface area contributed by atoms with Crippen molar-refractivity contribution in [2.24, 2.45) is 0 Å². The summed E-state index contributed by atoms with van der Waals surface area (Å²) in [5.74, 6) is 0.705. The molecule has 0 aliphatic rings. The first kappa shape index (κ1) is 20.3. The standard InChI is InChI=1S/C23H26N2O2/c1-6-27-22-11-17(5)18(13-21(22)15(2)3)12-19(14-24)23(26)25-20-9-7-16(4)8-10-20/h7-13,15H,6H2,1-5H3,(H,25,26)/b19-12+. The number of nitrogens with zero attached hydrogens (tertiary/aromatic N) is 1. The number of benzene rings is 2. The Morgan fingerprint density at radius 3 is 2.44 bits per heavy atom. The lowest BCUT2D eigenvalue weighted by Gasteiger charge is -2.16.